The van der Waals surface area contributed by atoms with E-state index in [1.54, 1.807) is 78.9 Å². The molecule has 0 aromatic heterocycles. The third-order valence-corrected chi connectivity index (χ3v) is 5.53. The molecule has 0 aliphatic carbocycles. The van der Waals surface area contributed by atoms with E-state index in [-0.39, 0.29) is 0 Å². The van der Waals surface area contributed by atoms with Crippen molar-refractivity contribution in [2.75, 3.05) is 0 Å². The number of nitrogens with one attached hydrogen (secondary N) is 1. The second kappa shape index (κ2) is 13.8. The number of carbonyl (C=O) groups excluding carboxylic acids is 2. The van der Waals surface area contributed by atoms with Crippen LogP contribution in [0.2, 0.25) is 10.0 Å². The summed E-state index contributed by atoms with van der Waals surface area (Å²) >= 11 is 11.9. The van der Waals surface area contributed by atoms with E-state index < -0.39 is 18.2 Å². The zero-order chi connectivity index (χ0) is 27.5. The molecule has 0 aliphatic heterocycles. The van der Waals surface area contributed by atoms with Gasteiger partial charge in [0.25, 0.3) is 0 Å². The van der Waals surface area contributed by atoms with Crippen molar-refractivity contribution < 1.29 is 23.8 Å². The fourth-order valence-electron chi connectivity index (χ4n) is 3.13. The molecule has 0 spiro atoms. The summed E-state index contributed by atoms with van der Waals surface area (Å²) in [4.78, 5) is 24.9. The highest BCUT2D eigenvalue weighted by Crippen LogP contribution is 2.21. The maximum absolute atomic E-state index is 12.8. The Bertz CT molecular complexity index is 1390. The first-order valence-corrected chi connectivity index (χ1v) is 12.4. The minimum Gasteiger partial charge on any atom is -0.446 e. The van der Waals surface area contributed by atoms with E-state index >= 15 is 0 Å². The molecular weight excluding hydrogens is 539 g/mol. The van der Waals surface area contributed by atoms with Crippen molar-refractivity contribution in [3.63, 3.8) is 0 Å². The summed E-state index contributed by atoms with van der Waals surface area (Å²) in [5.41, 5.74) is 3.95. The van der Waals surface area contributed by atoms with E-state index in [1.807, 2.05) is 30.3 Å². The Kier molecular flexibility index (Phi) is 9.72. The summed E-state index contributed by atoms with van der Waals surface area (Å²) < 4.78 is 16.7. The van der Waals surface area contributed by atoms with Crippen LogP contribution in [0.1, 0.15) is 11.1 Å². The predicted octanol–water partition coefficient (Wildman–Crippen LogP) is 6.55. The maximum Gasteiger partial charge on any atom is 0.336 e. The first kappa shape index (κ1) is 27.4. The van der Waals surface area contributed by atoms with Gasteiger partial charge in [0.1, 0.15) is 17.2 Å². The zero-order valence-electron chi connectivity index (χ0n) is 20.4. The van der Waals surface area contributed by atoms with Crippen molar-refractivity contribution in [1.29, 1.82) is 0 Å². The van der Waals surface area contributed by atoms with Gasteiger partial charge >= 0.3 is 18.2 Å². The molecule has 0 bridgehead atoms. The lowest BCUT2D eigenvalue weighted by molar-refractivity contribution is -0.140. The van der Waals surface area contributed by atoms with Crippen LogP contribution in [0.3, 0.4) is 0 Å². The molecule has 0 heterocycles. The maximum atomic E-state index is 12.8. The number of benzene rings is 4. The highest BCUT2D eigenvalue weighted by molar-refractivity contribution is 6.30. The fourth-order valence-corrected chi connectivity index (χ4v) is 3.38. The van der Waals surface area contributed by atoms with E-state index in [0.29, 0.717) is 32.9 Å². The lowest BCUT2D eigenvalue weighted by Gasteiger charge is -2.19. The SMILES string of the molecule is O=C(/C=C/c1ccccc1)Oc1ccc(/C=N\NC(=O)C(Oc2ccc(Cl)cc2)Oc2ccc(Cl)cc2)cc1. The predicted molar refractivity (Wildman–Crippen MR) is 151 cm³/mol. The van der Waals surface area contributed by atoms with Crippen LogP contribution in [0.25, 0.3) is 6.08 Å². The highest BCUT2D eigenvalue weighted by atomic mass is 35.5. The molecule has 0 radical (unpaired) electrons. The van der Waals surface area contributed by atoms with Gasteiger partial charge in [-0.3, -0.25) is 4.79 Å². The van der Waals surface area contributed by atoms with Crippen LogP contribution in [0.4, 0.5) is 0 Å². The topological polar surface area (TPSA) is 86.2 Å². The summed E-state index contributed by atoms with van der Waals surface area (Å²) in [6, 6.07) is 29.0. The number of hydrogen-bond donors (Lipinski definition) is 1. The standard InChI is InChI=1S/C30H22Cl2N2O5/c31-23-9-15-26(16-10-23)38-30(39-27-17-11-24(32)12-18-27)29(36)34-33-20-22-6-13-25(14-7-22)37-28(35)19-8-21-4-2-1-3-5-21/h1-20,30H,(H,34,36)/b19-8+,33-20-. The van der Waals surface area contributed by atoms with Crippen molar-refractivity contribution in [3.8, 4) is 17.2 Å². The van der Waals surface area contributed by atoms with Crippen molar-refractivity contribution in [1.82, 2.24) is 5.43 Å². The van der Waals surface area contributed by atoms with Crippen LogP contribution in [0.15, 0.2) is 114 Å². The Morgan fingerprint density at radius 3 is 1.79 bits per heavy atom. The smallest absolute Gasteiger partial charge is 0.336 e. The second-order valence-corrected chi connectivity index (χ2v) is 8.82. The Labute approximate surface area is 235 Å². The average molecular weight is 561 g/mol. The van der Waals surface area contributed by atoms with Crippen molar-refractivity contribution in [2.24, 2.45) is 5.10 Å². The largest absolute Gasteiger partial charge is 0.446 e. The van der Waals surface area contributed by atoms with E-state index in [9.17, 15) is 9.59 Å². The van der Waals surface area contributed by atoms with Gasteiger partial charge in [-0.15, -0.1) is 0 Å². The van der Waals surface area contributed by atoms with Gasteiger partial charge in [0.2, 0.25) is 0 Å². The van der Waals surface area contributed by atoms with Gasteiger partial charge in [-0.25, -0.2) is 10.2 Å². The van der Waals surface area contributed by atoms with Crippen molar-refractivity contribution in [3.05, 3.63) is 130 Å². The Hall–Kier alpha value is -4.59. The quantitative estimate of drug-likeness (QED) is 0.0593. The number of nitrogens with zero attached hydrogens (tertiary/aromatic N) is 1. The Morgan fingerprint density at radius 1 is 0.692 bits per heavy atom. The minimum atomic E-state index is -1.35. The number of halogens is 2. The number of ether oxygens (including phenoxy) is 3. The summed E-state index contributed by atoms with van der Waals surface area (Å²) in [6.45, 7) is 0. The second-order valence-electron chi connectivity index (χ2n) is 7.94. The number of hydrogen-bond acceptors (Lipinski definition) is 6. The molecule has 4 aromatic rings. The number of hydrazone groups is 1. The Morgan fingerprint density at radius 2 is 1.23 bits per heavy atom. The number of rotatable bonds is 10. The van der Waals surface area contributed by atoms with Crippen LogP contribution in [-0.4, -0.2) is 24.4 Å². The molecule has 0 atom stereocenters. The average Bonchev–Trinajstić information content (AvgIpc) is 2.95. The summed E-state index contributed by atoms with van der Waals surface area (Å²) in [5.74, 6) is -0.0268. The molecule has 1 N–H and O–H groups in total. The lowest BCUT2D eigenvalue weighted by Crippen LogP contribution is -2.40. The fraction of sp³-hybridized carbons (Fsp3) is 0.0333. The third kappa shape index (κ3) is 9.03. The first-order valence-electron chi connectivity index (χ1n) is 11.7. The molecular formula is C30H22Cl2N2O5. The van der Waals surface area contributed by atoms with E-state index in [4.69, 9.17) is 37.4 Å². The van der Waals surface area contributed by atoms with Crippen LogP contribution in [0.5, 0.6) is 17.2 Å². The van der Waals surface area contributed by atoms with Crippen molar-refractivity contribution in [2.45, 2.75) is 6.29 Å². The monoisotopic (exact) mass is 560 g/mol. The molecule has 0 saturated heterocycles. The molecule has 1 amide bonds. The molecule has 196 valence electrons. The Balaban J connectivity index is 1.34. The molecule has 4 aromatic carbocycles. The minimum absolute atomic E-state index is 0.367. The van der Waals surface area contributed by atoms with E-state index in [0.717, 1.165) is 5.56 Å². The van der Waals surface area contributed by atoms with Gasteiger partial charge in [-0.2, -0.15) is 5.10 Å². The summed E-state index contributed by atoms with van der Waals surface area (Å²) in [5, 5.41) is 5.03. The van der Waals surface area contributed by atoms with Crippen molar-refractivity contribution >= 4 is 47.4 Å². The number of esters is 1. The van der Waals surface area contributed by atoms with Crippen LogP contribution < -0.4 is 19.6 Å². The molecule has 39 heavy (non-hydrogen) atoms. The van der Waals surface area contributed by atoms with Crippen LogP contribution in [-0.2, 0) is 9.59 Å². The molecule has 7 nitrogen and oxygen atoms in total. The summed E-state index contributed by atoms with van der Waals surface area (Å²) in [7, 11) is 0. The molecule has 9 heteroatoms. The first-order chi connectivity index (χ1) is 18.9. The molecule has 0 saturated carbocycles. The van der Waals surface area contributed by atoms with Crippen LogP contribution in [0, 0.1) is 0 Å². The molecule has 0 unspecified atom stereocenters. The highest BCUT2D eigenvalue weighted by Gasteiger charge is 2.22. The van der Waals surface area contributed by atoms with Gasteiger partial charge in [-0.05, 0) is 90.0 Å². The van der Waals surface area contributed by atoms with Gasteiger partial charge < -0.3 is 14.2 Å². The van der Waals surface area contributed by atoms with Crippen LogP contribution >= 0.6 is 23.2 Å². The molecule has 0 aliphatic rings. The normalized spacial score (nSPS) is 11.1. The zero-order valence-corrected chi connectivity index (χ0v) is 21.9. The molecule has 0 fully saturated rings. The van der Waals surface area contributed by atoms with E-state index in [1.165, 1.54) is 12.3 Å². The van der Waals surface area contributed by atoms with Gasteiger partial charge in [0.05, 0.1) is 6.21 Å². The third-order valence-electron chi connectivity index (χ3n) is 5.03. The number of amides is 1. The van der Waals surface area contributed by atoms with E-state index in [2.05, 4.69) is 10.5 Å². The van der Waals surface area contributed by atoms with Gasteiger partial charge in [0, 0.05) is 16.1 Å². The lowest BCUT2D eigenvalue weighted by atomic mass is 10.2. The van der Waals surface area contributed by atoms with Gasteiger partial charge in [-0.1, -0.05) is 53.5 Å². The van der Waals surface area contributed by atoms with Gasteiger partial charge in [0.15, 0.2) is 0 Å². The summed E-state index contributed by atoms with van der Waals surface area (Å²) in [6.07, 6.45) is 3.11. The molecule has 4 rings (SSSR count). The number of carbonyl (C=O) groups is 2.